The van der Waals surface area contributed by atoms with E-state index in [9.17, 15) is 14.0 Å². The number of halogens is 1. The molecule has 0 saturated carbocycles. The molecule has 2 aromatic carbocycles. The molecule has 0 bridgehead atoms. The van der Waals surface area contributed by atoms with E-state index in [1.807, 2.05) is 25.1 Å². The molecule has 0 saturated heterocycles. The standard InChI is InChI=1S/C24H27FN4O3/c1-5-28(6-2)20-11-12-21(16(3)15-20)26-24(31)17(4)32-22-13-14-23(30)29(27-22)19-9-7-18(25)8-10-19/h7-15,17H,5-6H2,1-4H3,(H,26,31)/t17-/m1/s1. The summed E-state index contributed by atoms with van der Waals surface area (Å²) >= 11 is 0. The van der Waals surface area contributed by atoms with Gasteiger partial charge in [0.1, 0.15) is 5.82 Å². The summed E-state index contributed by atoms with van der Waals surface area (Å²) in [7, 11) is 0. The number of anilines is 2. The molecular formula is C24H27FN4O3. The molecule has 3 aromatic rings. The largest absolute Gasteiger partial charge is 0.463 e. The Morgan fingerprint density at radius 3 is 2.44 bits per heavy atom. The van der Waals surface area contributed by atoms with Crippen molar-refractivity contribution < 1.29 is 13.9 Å². The number of hydrogen-bond donors (Lipinski definition) is 1. The van der Waals surface area contributed by atoms with Crippen molar-refractivity contribution in [3.63, 3.8) is 0 Å². The number of amides is 1. The lowest BCUT2D eigenvalue weighted by molar-refractivity contribution is -0.122. The lowest BCUT2D eigenvalue weighted by Crippen LogP contribution is -2.31. The Bertz CT molecular complexity index is 1140. The second-order valence-corrected chi connectivity index (χ2v) is 7.32. The van der Waals surface area contributed by atoms with Crippen LogP contribution in [0, 0.1) is 12.7 Å². The monoisotopic (exact) mass is 438 g/mol. The van der Waals surface area contributed by atoms with Crippen LogP contribution in [0.3, 0.4) is 0 Å². The van der Waals surface area contributed by atoms with E-state index in [1.54, 1.807) is 6.92 Å². The lowest BCUT2D eigenvalue weighted by atomic mass is 10.1. The maximum absolute atomic E-state index is 13.2. The molecule has 0 spiro atoms. The molecule has 1 aromatic heterocycles. The minimum atomic E-state index is -0.858. The van der Waals surface area contributed by atoms with Gasteiger partial charge in [-0.2, -0.15) is 4.68 Å². The van der Waals surface area contributed by atoms with Crippen molar-refractivity contribution in [1.82, 2.24) is 9.78 Å². The van der Waals surface area contributed by atoms with Crippen molar-refractivity contribution in [2.24, 2.45) is 0 Å². The summed E-state index contributed by atoms with van der Waals surface area (Å²) in [5, 5.41) is 7.02. The Balaban J connectivity index is 1.71. The molecule has 1 N–H and O–H groups in total. The van der Waals surface area contributed by atoms with E-state index in [4.69, 9.17) is 4.74 Å². The number of nitrogens with zero attached hydrogens (tertiary/aromatic N) is 3. The molecule has 0 aliphatic heterocycles. The van der Waals surface area contributed by atoms with Crippen LogP contribution in [0.1, 0.15) is 26.3 Å². The van der Waals surface area contributed by atoms with Crippen LogP contribution in [0.2, 0.25) is 0 Å². The van der Waals surface area contributed by atoms with Crippen LogP contribution in [0.25, 0.3) is 5.69 Å². The van der Waals surface area contributed by atoms with Crippen molar-refractivity contribution in [3.8, 4) is 11.6 Å². The fourth-order valence-electron chi connectivity index (χ4n) is 3.27. The Labute approximate surface area is 186 Å². The van der Waals surface area contributed by atoms with Gasteiger partial charge in [-0.3, -0.25) is 9.59 Å². The number of carbonyl (C=O) groups is 1. The zero-order valence-corrected chi connectivity index (χ0v) is 18.6. The molecule has 8 heteroatoms. The zero-order chi connectivity index (χ0) is 23.3. The molecule has 1 heterocycles. The van der Waals surface area contributed by atoms with E-state index in [0.717, 1.165) is 29.0 Å². The summed E-state index contributed by atoms with van der Waals surface area (Å²) in [4.78, 5) is 27.0. The van der Waals surface area contributed by atoms with E-state index in [0.29, 0.717) is 11.4 Å². The van der Waals surface area contributed by atoms with Gasteiger partial charge in [-0.15, -0.1) is 5.10 Å². The van der Waals surface area contributed by atoms with E-state index < -0.39 is 17.5 Å². The van der Waals surface area contributed by atoms with Gasteiger partial charge in [-0.05, 0) is 75.7 Å². The third-order valence-corrected chi connectivity index (χ3v) is 5.11. The van der Waals surface area contributed by atoms with Crippen LogP contribution in [-0.4, -0.2) is 34.9 Å². The first-order valence-corrected chi connectivity index (χ1v) is 10.5. The summed E-state index contributed by atoms with van der Waals surface area (Å²) in [6.45, 7) is 9.54. The molecular weight excluding hydrogens is 411 g/mol. The summed E-state index contributed by atoms with van der Waals surface area (Å²) < 4.78 is 19.9. The number of carbonyl (C=O) groups excluding carboxylic acids is 1. The number of hydrogen-bond acceptors (Lipinski definition) is 5. The zero-order valence-electron chi connectivity index (χ0n) is 18.6. The second kappa shape index (κ2) is 10.1. The van der Waals surface area contributed by atoms with Crippen molar-refractivity contribution >= 4 is 17.3 Å². The highest BCUT2D eigenvalue weighted by molar-refractivity contribution is 5.95. The molecule has 0 aliphatic carbocycles. The Kier molecular flexibility index (Phi) is 7.25. The first-order chi connectivity index (χ1) is 15.3. The molecule has 168 valence electrons. The molecule has 0 fully saturated rings. The Hall–Kier alpha value is -3.68. The fourth-order valence-corrected chi connectivity index (χ4v) is 3.27. The summed E-state index contributed by atoms with van der Waals surface area (Å²) in [5.41, 5.74) is 2.73. The van der Waals surface area contributed by atoms with Crippen LogP contribution in [0.4, 0.5) is 15.8 Å². The van der Waals surface area contributed by atoms with Gasteiger partial charge >= 0.3 is 0 Å². The third kappa shape index (κ3) is 5.32. The van der Waals surface area contributed by atoms with E-state index in [-0.39, 0.29) is 11.8 Å². The van der Waals surface area contributed by atoms with Crippen molar-refractivity contribution in [3.05, 3.63) is 76.3 Å². The van der Waals surface area contributed by atoms with E-state index in [2.05, 4.69) is 29.2 Å². The highest BCUT2D eigenvalue weighted by Gasteiger charge is 2.17. The second-order valence-electron chi connectivity index (χ2n) is 7.32. The topological polar surface area (TPSA) is 76.5 Å². The molecule has 1 amide bonds. The van der Waals surface area contributed by atoms with Crippen LogP contribution < -0.4 is 20.5 Å². The van der Waals surface area contributed by atoms with Crippen molar-refractivity contribution in [1.29, 1.82) is 0 Å². The number of aromatic nitrogens is 2. The third-order valence-electron chi connectivity index (χ3n) is 5.11. The first kappa shape index (κ1) is 23.0. The average molecular weight is 439 g/mol. The molecule has 7 nitrogen and oxygen atoms in total. The van der Waals surface area contributed by atoms with Crippen LogP contribution in [0.15, 0.2) is 59.4 Å². The summed E-state index contributed by atoms with van der Waals surface area (Å²) in [6.07, 6.45) is -0.858. The van der Waals surface area contributed by atoms with Gasteiger partial charge in [-0.1, -0.05) is 0 Å². The summed E-state index contributed by atoms with van der Waals surface area (Å²) in [5.74, 6) is -0.657. The van der Waals surface area contributed by atoms with Gasteiger partial charge in [0.2, 0.25) is 5.88 Å². The van der Waals surface area contributed by atoms with Gasteiger partial charge in [0.25, 0.3) is 11.5 Å². The van der Waals surface area contributed by atoms with E-state index in [1.165, 1.54) is 36.4 Å². The van der Waals surface area contributed by atoms with Crippen LogP contribution in [0.5, 0.6) is 5.88 Å². The Morgan fingerprint density at radius 1 is 1.12 bits per heavy atom. The van der Waals surface area contributed by atoms with E-state index >= 15 is 0 Å². The van der Waals surface area contributed by atoms with Gasteiger partial charge in [0, 0.05) is 36.6 Å². The quantitative estimate of drug-likeness (QED) is 0.577. The Morgan fingerprint density at radius 2 is 1.81 bits per heavy atom. The number of rotatable bonds is 8. The predicted octanol–water partition coefficient (Wildman–Crippen LogP) is 3.93. The average Bonchev–Trinajstić information content (AvgIpc) is 2.78. The number of ether oxygens (including phenoxy) is 1. The molecule has 32 heavy (non-hydrogen) atoms. The van der Waals surface area contributed by atoms with Gasteiger partial charge in [-0.25, -0.2) is 4.39 Å². The van der Waals surface area contributed by atoms with Gasteiger partial charge in [0.15, 0.2) is 6.10 Å². The minimum absolute atomic E-state index is 0.102. The molecule has 0 aliphatic rings. The van der Waals surface area contributed by atoms with Crippen LogP contribution >= 0.6 is 0 Å². The molecule has 3 rings (SSSR count). The van der Waals surface area contributed by atoms with Crippen molar-refractivity contribution in [2.45, 2.75) is 33.8 Å². The number of aryl methyl sites for hydroxylation is 1. The molecule has 1 atom stereocenters. The smallest absolute Gasteiger partial charge is 0.271 e. The first-order valence-electron chi connectivity index (χ1n) is 10.5. The highest BCUT2D eigenvalue weighted by Crippen LogP contribution is 2.23. The SMILES string of the molecule is CCN(CC)c1ccc(NC(=O)[C@@H](C)Oc2ccc(=O)n(-c3ccc(F)cc3)n2)c(C)c1. The van der Waals surface area contributed by atoms with Gasteiger partial charge in [0.05, 0.1) is 5.69 Å². The predicted molar refractivity (Wildman–Crippen MR) is 123 cm³/mol. The van der Waals surface area contributed by atoms with Crippen LogP contribution in [-0.2, 0) is 4.79 Å². The lowest BCUT2D eigenvalue weighted by Gasteiger charge is -2.22. The number of nitrogens with one attached hydrogen (secondary N) is 1. The maximum atomic E-state index is 13.2. The minimum Gasteiger partial charge on any atom is -0.463 e. The molecule has 0 radical (unpaired) electrons. The maximum Gasteiger partial charge on any atom is 0.271 e. The summed E-state index contributed by atoms with van der Waals surface area (Å²) in [6, 6.07) is 13.9. The molecule has 0 unspecified atom stereocenters. The fraction of sp³-hybridized carbons (Fsp3) is 0.292. The highest BCUT2D eigenvalue weighted by atomic mass is 19.1. The van der Waals surface area contributed by atoms with Gasteiger partial charge < -0.3 is 15.0 Å². The normalized spacial score (nSPS) is 11.7. The number of benzene rings is 2. The van der Waals surface area contributed by atoms with Crippen molar-refractivity contribution in [2.75, 3.05) is 23.3 Å².